The molecule has 2 rings (SSSR count). The lowest BCUT2D eigenvalue weighted by atomic mass is 10.0. The van der Waals surface area contributed by atoms with Crippen LogP contribution in [0.5, 0.6) is 0 Å². The second-order valence-electron chi connectivity index (χ2n) is 4.58. The minimum absolute atomic E-state index is 0.0405. The normalized spacial score (nSPS) is 11.8. The molecule has 2 nitrogen and oxygen atoms in total. The van der Waals surface area contributed by atoms with Crippen molar-refractivity contribution < 1.29 is 0 Å². The van der Waals surface area contributed by atoms with Gasteiger partial charge < -0.3 is 5.32 Å². The Labute approximate surface area is 139 Å². The van der Waals surface area contributed by atoms with Crippen molar-refractivity contribution in [3.63, 3.8) is 0 Å². The van der Waals surface area contributed by atoms with E-state index in [2.05, 4.69) is 12.2 Å². The lowest BCUT2D eigenvalue weighted by Crippen LogP contribution is -2.10. The van der Waals surface area contributed by atoms with Gasteiger partial charge in [0.25, 0.3) is 0 Å². The first-order valence-corrected chi connectivity index (χ1v) is 7.59. The summed E-state index contributed by atoms with van der Waals surface area (Å²) >= 11 is 18.2. The molecule has 21 heavy (non-hydrogen) atoms. The van der Waals surface area contributed by atoms with Crippen molar-refractivity contribution in [3.05, 3.63) is 62.6 Å². The highest BCUT2D eigenvalue weighted by molar-refractivity contribution is 6.35. The number of hydrogen-bond donors (Lipinski definition) is 1. The van der Waals surface area contributed by atoms with Crippen molar-refractivity contribution in [1.29, 1.82) is 5.26 Å². The van der Waals surface area contributed by atoms with Crippen LogP contribution in [0.1, 0.15) is 30.5 Å². The number of nitrogens with zero attached hydrogens (tertiary/aromatic N) is 1. The first-order chi connectivity index (χ1) is 10.0. The Kier molecular flexibility index (Phi) is 5.36. The summed E-state index contributed by atoms with van der Waals surface area (Å²) in [5.41, 5.74) is 2.28. The highest BCUT2D eigenvalue weighted by Gasteiger charge is 2.13. The molecule has 0 aliphatic rings. The van der Waals surface area contributed by atoms with Gasteiger partial charge in [0.2, 0.25) is 0 Å². The summed E-state index contributed by atoms with van der Waals surface area (Å²) in [5, 5.41) is 13.9. The molecule has 1 N–H and O–H groups in total. The van der Waals surface area contributed by atoms with Crippen LogP contribution in [0.3, 0.4) is 0 Å². The third-order valence-corrected chi connectivity index (χ3v) is 4.05. The van der Waals surface area contributed by atoms with Crippen molar-refractivity contribution in [2.45, 2.75) is 19.4 Å². The fourth-order valence-electron chi connectivity index (χ4n) is 2.08. The van der Waals surface area contributed by atoms with Gasteiger partial charge >= 0.3 is 0 Å². The molecule has 2 aromatic rings. The molecular weight excluding hydrogens is 327 g/mol. The molecule has 2 aromatic carbocycles. The molecule has 1 atom stereocenters. The van der Waals surface area contributed by atoms with Crippen LogP contribution in [0, 0.1) is 11.3 Å². The predicted molar refractivity (Wildman–Crippen MR) is 89.3 cm³/mol. The van der Waals surface area contributed by atoms with E-state index in [9.17, 15) is 0 Å². The van der Waals surface area contributed by atoms with E-state index in [0.717, 1.165) is 17.7 Å². The molecule has 0 radical (unpaired) electrons. The van der Waals surface area contributed by atoms with E-state index >= 15 is 0 Å². The molecule has 0 bridgehead atoms. The standard InChI is InChI=1S/C16H13Cl3N2/c1-2-16(13-6-4-11(17)7-15(13)19)21-12-5-3-10(9-20)14(18)8-12/h3-8,16,21H,2H2,1H3. The van der Waals surface area contributed by atoms with Gasteiger partial charge in [-0.25, -0.2) is 0 Å². The molecule has 1 unspecified atom stereocenters. The summed E-state index contributed by atoms with van der Waals surface area (Å²) in [6, 6.07) is 12.8. The van der Waals surface area contributed by atoms with Crippen LogP contribution in [0.25, 0.3) is 0 Å². The van der Waals surface area contributed by atoms with Gasteiger partial charge in [-0.05, 0) is 42.3 Å². The van der Waals surface area contributed by atoms with Crippen molar-refractivity contribution in [3.8, 4) is 6.07 Å². The highest BCUT2D eigenvalue weighted by Crippen LogP contribution is 2.31. The first-order valence-electron chi connectivity index (χ1n) is 6.46. The van der Waals surface area contributed by atoms with Gasteiger partial charge in [-0.15, -0.1) is 0 Å². The van der Waals surface area contributed by atoms with E-state index in [1.54, 1.807) is 18.2 Å². The van der Waals surface area contributed by atoms with Gasteiger partial charge in [0.05, 0.1) is 16.6 Å². The van der Waals surface area contributed by atoms with Crippen LogP contribution in [0.2, 0.25) is 15.1 Å². The average Bonchev–Trinajstić information content (AvgIpc) is 2.45. The molecule has 0 spiro atoms. The summed E-state index contributed by atoms with van der Waals surface area (Å²) in [4.78, 5) is 0. The van der Waals surface area contributed by atoms with E-state index in [1.165, 1.54) is 0 Å². The maximum atomic E-state index is 8.89. The molecule has 0 saturated heterocycles. The molecule has 0 heterocycles. The third kappa shape index (κ3) is 3.83. The lowest BCUT2D eigenvalue weighted by Gasteiger charge is -2.20. The molecule has 0 aliphatic carbocycles. The van der Waals surface area contributed by atoms with Gasteiger partial charge in [-0.1, -0.05) is 47.8 Å². The molecule has 0 amide bonds. The summed E-state index contributed by atoms with van der Waals surface area (Å²) < 4.78 is 0. The zero-order valence-electron chi connectivity index (χ0n) is 11.3. The summed E-state index contributed by atoms with van der Waals surface area (Å²) in [6.45, 7) is 2.06. The summed E-state index contributed by atoms with van der Waals surface area (Å²) in [6.07, 6.45) is 0.846. The lowest BCUT2D eigenvalue weighted by molar-refractivity contribution is 0.749. The Hall–Kier alpha value is -1.40. The van der Waals surface area contributed by atoms with Crippen LogP contribution in [-0.2, 0) is 0 Å². The van der Waals surface area contributed by atoms with Crippen LogP contribution < -0.4 is 5.32 Å². The van der Waals surface area contributed by atoms with Gasteiger partial charge in [0.1, 0.15) is 6.07 Å². The smallest absolute Gasteiger partial charge is 0.101 e. The maximum Gasteiger partial charge on any atom is 0.101 e. The molecular formula is C16H13Cl3N2. The Bertz CT molecular complexity index is 692. The molecule has 108 valence electrons. The van der Waals surface area contributed by atoms with Crippen LogP contribution in [0.4, 0.5) is 5.69 Å². The van der Waals surface area contributed by atoms with Crippen molar-refractivity contribution >= 4 is 40.5 Å². The van der Waals surface area contributed by atoms with Crippen molar-refractivity contribution in [2.24, 2.45) is 0 Å². The van der Waals surface area contributed by atoms with Crippen LogP contribution in [-0.4, -0.2) is 0 Å². The minimum Gasteiger partial charge on any atom is -0.378 e. The molecule has 0 aromatic heterocycles. The fraction of sp³-hybridized carbons (Fsp3) is 0.188. The second kappa shape index (κ2) is 7.04. The third-order valence-electron chi connectivity index (χ3n) is 3.18. The zero-order valence-corrected chi connectivity index (χ0v) is 13.6. The summed E-state index contributed by atoms with van der Waals surface area (Å²) in [5.74, 6) is 0. The maximum absolute atomic E-state index is 8.89. The number of hydrogen-bond acceptors (Lipinski definition) is 2. The van der Waals surface area contributed by atoms with Gasteiger partial charge in [-0.2, -0.15) is 5.26 Å². The molecule has 5 heteroatoms. The minimum atomic E-state index is 0.0405. The quantitative estimate of drug-likeness (QED) is 0.732. The van der Waals surface area contributed by atoms with E-state index in [0.29, 0.717) is 20.6 Å². The molecule has 0 saturated carbocycles. The number of halogens is 3. The van der Waals surface area contributed by atoms with Crippen LogP contribution >= 0.6 is 34.8 Å². The van der Waals surface area contributed by atoms with Crippen molar-refractivity contribution in [1.82, 2.24) is 0 Å². The molecule has 0 aliphatic heterocycles. The number of nitriles is 1. The van der Waals surface area contributed by atoms with Gasteiger partial charge in [-0.3, -0.25) is 0 Å². The summed E-state index contributed by atoms with van der Waals surface area (Å²) in [7, 11) is 0. The van der Waals surface area contributed by atoms with Crippen LogP contribution in [0.15, 0.2) is 36.4 Å². The fourth-order valence-corrected chi connectivity index (χ4v) is 2.84. The van der Waals surface area contributed by atoms with E-state index in [-0.39, 0.29) is 6.04 Å². The van der Waals surface area contributed by atoms with Gasteiger partial charge in [0, 0.05) is 15.7 Å². The molecule has 0 fully saturated rings. The van der Waals surface area contributed by atoms with E-state index in [4.69, 9.17) is 40.1 Å². The Morgan fingerprint density at radius 2 is 1.86 bits per heavy atom. The Morgan fingerprint density at radius 3 is 2.43 bits per heavy atom. The average molecular weight is 340 g/mol. The largest absolute Gasteiger partial charge is 0.378 e. The monoisotopic (exact) mass is 338 g/mol. The number of rotatable bonds is 4. The van der Waals surface area contributed by atoms with E-state index < -0.39 is 0 Å². The number of nitrogens with one attached hydrogen (secondary N) is 1. The number of benzene rings is 2. The predicted octanol–water partition coefficient (Wildman–Crippen LogP) is 6.08. The van der Waals surface area contributed by atoms with Gasteiger partial charge in [0.15, 0.2) is 0 Å². The zero-order chi connectivity index (χ0) is 15.4. The SMILES string of the molecule is CCC(Nc1ccc(C#N)c(Cl)c1)c1ccc(Cl)cc1Cl. The number of anilines is 1. The highest BCUT2D eigenvalue weighted by atomic mass is 35.5. The van der Waals surface area contributed by atoms with E-state index in [1.807, 2.05) is 24.3 Å². The first kappa shape index (κ1) is 16.0. The topological polar surface area (TPSA) is 35.8 Å². The Balaban J connectivity index is 2.27. The Morgan fingerprint density at radius 1 is 1.10 bits per heavy atom. The second-order valence-corrected chi connectivity index (χ2v) is 5.83. The van der Waals surface area contributed by atoms with Crippen molar-refractivity contribution in [2.75, 3.05) is 5.32 Å².